The molecule has 1 saturated carbocycles. The fourth-order valence-electron chi connectivity index (χ4n) is 7.03. The number of furan rings is 1. The molecule has 0 N–H and O–H groups in total. The third kappa shape index (κ3) is 6.94. The standard InChI is InChI=1S/C21H16N3O.C20H26GeN.Ir/c1-3-24-18-10-5-4-9-17(18)23-20(24)16-8-6-7-14-15-12-11-13(2)22-21(15)25-19(14)16;1-21(2,3)19-15-22-20(17-11-5-4-6-12-17)14-18(19)13-16-9-7-8-10-16;/h4-7,9-12H,3H2,1-2H3;4-6,11,14-16H,7-10,13H2,1-3H3;/q2*-1;. The van der Waals surface area contributed by atoms with Crippen molar-refractivity contribution in [3.05, 3.63) is 108 Å². The Hall–Kier alpha value is -3.58. The van der Waals surface area contributed by atoms with Gasteiger partial charge in [0.15, 0.2) is 0 Å². The quantitative estimate of drug-likeness (QED) is 0.123. The predicted octanol–water partition coefficient (Wildman–Crippen LogP) is 9.95. The number of pyridine rings is 2. The first-order valence-electron chi connectivity index (χ1n) is 16.9. The van der Waals surface area contributed by atoms with E-state index >= 15 is 0 Å². The topological polar surface area (TPSA) is 56.7 Å². The zero-order chi connectivity index (χ0) is 32.5. The molecule has 7 aromatic rings. The van der Waals surface area contributed by atoms with Crippen LogP contribution in [0.2, 0.25) is 17.3 Å². The molecule has 0 bridgehead atoms. The average molecular weight is 872 g/mol. The number of hydrogen-bond donors (Lipinski definition) is 0. The number of rotatable bonds is 6. The van der Waals surface area contributed by atoms with Crippen LogP contribution in [0.3, 0.4) is 0 Å². The van der Waals surface area contributed by atoms with E-state index in [1.54, 1.807) is 9.96 Å². The van der Waals surface area contributed by atoms with E-state index in [0.29, 0.717) is 5.71 Å². The summed E-state index contributed by atoms with van der Waals surface area (Å²) in [6.07, 6.45) is 9.08. The number of aryl methyl sites for hydroxylation is 2. The van der Waals surface area contributed by atoms with Gasteiger partial charge in [-0.2, -0.15) is 0 Å². The van der Waals surface area contributed by atoms with Gasteiger partial charge in [-0.25, -0.2) is 4.98 Å². The van der Waals surface area contributed by atoms with Gasteiger partial charge in [-0.3, -0.25) is 4.98 Å². The van der Waals surface area contributed by atoms with Crippen LogP contribution in [-0.4, -0.2) is 32.8 Å². The zero-order valence-electron chi connectivity index (χ0n) is 28.4. The van der Waals surface area contributed by atoms with Crippen LogP contribution in [0.5, 0.6) is 0 Å². The first-order valence-corrected chi connectivity index (χ1v) is 24.3. The van der Waals surface area contributed by atoms with E-state index in [2.05, 4.69) is 82.4 Å². The monoisotopic (exact) mass is 873 g/mol. The summed E-state index contributed by atoms with van der Waals surface area (Å²) in [7, 11) is 0. The van der Waals surface area contributed by atoms with E-state index in [1.165, 1.54) is 32.1 Å². The van der Waals surface area contributed by atoms with Crippen LogP contribution in [0.4, 0.5) is 0 Å². The molecular weight excluding hydrogens is 829 g/mol. The smallest absolute Gasteiger partial charge is 0 e. The van der Waals surface area contributed by atoms with Gasteiger partial charge in [-0.1, -0.05) is 23.1 Å². The van der Waals surface area contributed by atoms with Crippen LogP contribution in [0.25, 0.3) is 55.7 Å². The molecule has 0 amide bonds. The molecule has 0 spiro atoms. The van der Waals surface area contributed by atoms with Crippen molar-refractivity contribution in [2.45, 2.75) is 69.8 Å². The summed E-state index contributed by atoms with van der Waals surface area (Å²) in [5.74, 6) is 9.19. The molecular formula is C41H42GeIrN4O-2. The van der Waals surface area contributed by atoms with Crippen molar-refractivity contribution in [2.24, 2.45) is 5.92 Å². The van der Waals surface area contributed by atoms with E-state index in [9.17, 15) is 0 Å². The largest absolute Gasteiger partial charge is 0 e. The molecule has 1 aliphatic rings. The summed E-state index contributed by atoms with van der Waals surface area (Å²) in [4.78, 5) is 14.1. The molecule has 5 nitrogen and oxygen atoms in total. The van der Waals surface area contributed by atoms with Crippen molar-refractivity contribution >= 4 is 50.8 Å². The molecule has 8 rings (SSSR count). The SMILES string of the molecule is CCn1c(-c2[c-]ccc3c2oc2nc(C)ccc23)nc2ccccc21.[CH3][Ge]([CH3])([CH3])[c]1cnc(-c2[c-]cccc2)cc1CC1CCCC1.[Ir]. The van der Waals surface area contributed by atoms with Gasteiger partial charge in [0, 0.05) is 37.7 Å². The van der Waals surface area contributed by atoms with Crippen molar-refractivity contribution in [1.82, 2.24) is 19.5 Å². The molecule has 247 valence electrons. The summed E-state index contributed by atoms with van der Waals surface area (Å²) >= 11 is -1.87. The maximum atomic E-state index is 6.12. The Kier molecular flexibility index (Phi) is 10.4. The zero-order valence-corrected chi connectivity index (χ0v) is 32.9. The van der Waals surface area contributed by atoms with Crippen LogP contribution in [0.1, 0.15) is 43.9 Å². The molecule has 1 fully saturated rings. The average Bonchev–Trinajstić information content (AvgIpc) is 3.82. The molecule has 4 heterocycles. The molecule has 0 saturated heterocycles. The second-order valence-corrected chi connectivity index (χ2v) is 24.4. The Balaban J connectivity index is 0.000000165. The molecule has 1 aliphatic carbocycles. The Morgan fingerprint density at radius 3 is 2.44 bits per heavy atom. The number of nitrogens with zero attached hydrogens (tertiary/aromatic N) is 4. The van der Waals surface area contributed by atoms with Crippen molar-refractivity contribution < 1.29 is 24.5 Å². The number of para-hydroxylation sites is 2. The van der Waals surface area contributed by atoms with Gasteiger partial charge >= 0.3 is 137 Å². The number of aromatic nitrogens is 4. The molecule has 0 unspecified atom stereocenters. The van der Waals surface area contributed by atoms with E-state index in [-0.39, 0.29) is 20.1 Å². The Morgan fingerprint density at radius 2 is 1.69 bits per heavy atom. The van der Waals surface area contributed by atoms with Gasteiger partial charge < -0.3 is 8.98 Å². The summed E-state index contributed by atoms with van der Waals surface area (Å²) in [6, 6.07) is 33.4. The molecule has 3 aromatic carbocycles. The number of benzene rings is 3. The van der Waals surface area contributed by atoms with E-state index < -0.39 is 13.3 Å². The van der Waals surface area contributed by atoms with E-state index in [0.717, 1.165) is 68.2 Å². The fourth-order valence-corrected chi connectivity index (χ4v) is 10.4. The third-order valence-electron chi connectivity index (χ3n) is 9.40. The van der Waals surface area contributed by atoms with Crippen LogP contribution < -0.4 is 4.40 Å². The number of imidazole rings is 1. The number of hydrogen-bond acceptors (Lipinski definition) is 4. The van der Waals surface area contributed by atoms with Gasteiger partial charge in [0.05, 0.1) is 22.4 Å². The van der Waals surface area contributed by atoms with Crippen molar-refractivity contribution in [2.75, 3.05) is 0 Å². The Labute approximate surface area is 299 Å². The first-order chi connectivity index (χ1) is 22.8. The maximum absolute atomic E-state index is 6.12. The number of fused-ring (bicyclic) bond motifs is 4. The summed E-state index contributed by atoms with van der Waals surface area (Å²) in [5.41, 5.74) is 9.15. The first kappa shape index (κ1) is 34.3. The minimum Gasteiger partial charge on any atom is 0 e. The third-order valence-corrected chi connectivity index (χ3v) is 13.7. The second kappa shape index (κ2) is 14.5. The fraction of sp³-hybridized carbons (Fsp3) is 0.293. The Morgan fingerprint density at radius 1 is 0.896 bits per heavy atom. The van der Waals surface area contributed by atoms with E-state index in [1.807, 2.05) is 55.5 Å². The summed E-state index contributed by atoms with van der Waals surface area (Å²) < 4.78 is 9.91. The summed E-state index contributed by atoms with van der Waals surface area (Å²) in [6.45, 7) is 4.93. The van der Waals surface area contributed by atoms with Crippen LogP contribution in [0, 0.1) is 25.0 Å². The molecule has 1 radical (unpaired) electrons. The molecule has 0 aliphatic heterocycles. The summed E-state index contributed by atoms with van der Waals surface area (Å²) in [5, 5.41) is 2.07. The molecule has 0 atom stereocenters. The molecule has 48 heavy (non-hydrogen) atoms. The van der Waals surface area contributed by atoms with E-state index in [4.69, 9.17) is 14.4 Å². The molecule has 4 aromatic heterocycles. The van der Waals surface area contributed by atoms with Crippen molar-refractivity contribution in [3.8, 4) is 22.6 Å². The van der Waals surface area contributed by atoms with Crippen molar-refractivity contribution in [1.29, 1.82) is 0 Å². The van der Waals surface area contributed by atoms with Crippen LogP contribution >= 0.6 is 0 Å². The maximum Gasteiger partial charge on any atom is 0 e. The minimum atomic E-state index is -1.87. The van der Waals surface area contributed by atoms with Crippen molar-refractivity contribution in [3.63, 3.8) is 0 Å². The van der Waals surface area contributed by atoms with Crippen LogP contribution in [-0.2, 0) is 33.1 Å². The van der Waals surface area contributed by atoms with Gasteiger partial charge in [0.2, 0.25) is 5.71 Å². The van der Waals surface area contributed by atoms with Gasteiger partial charge in [0.1, 0.15) is 0 Å². The minimum absolute atomic E-state index is 0. The predicted molar refractivity (Wildman–Crippen MR) is 197 cm³/mol. The van der Waals surface area contributed by atoms with Gasteiger partial charge in [0.25, 0.3) is 0 Å². The van der Waals surface area contributed by atoms with Gasteiger partial charge in [-0.15, -0.1) is 18.2 Å². The molecule has 7 heteroatoms. The normalized spacial score (nSPS) is 13.5. The Bertz CT molecular complexity index is 2170. The second-order valence-electron chi connectivity index (χ2n) is 13.8. The van der Waals surface area contributed by atoms with Crippen LogP contribution in [0.15, 0.2) is 89.5 Å². The van der Waals surface area contributed by atoms with Gasteiger partial charge in [-0.05, 0) is 38.1 Å².